The van der Waals surface area contributed by atoms with Crippen LogP contribution >= 0.6 is 0 Å². The van der Waals surface area contributed by atoms with E-state index in [1.807, 2.05) is 0 Å². The van der Waals surface area contributed by atoms with Crippen LogP contribution in [0.1, 0.15) is 60.7 Å². The Balaban J connectivity index is 1.38. The van der Waals surface area contributed by atoms with E-state index in [0.29, 0.717) is 30.4 Å². The minimum absolute atomic E-state index is 0.0672. The fraction of sp³-hybridized carbons (Fsp3) is 0.481. The normalized spacial score (nSPS) is 18.1. The molecule has 1 atom stereocenters. The highest BCUT2D eigenvalue weighted by Crippen LogP contribution is 2.50. The van der Waals surface area contributed by atoms with Gasteiger partial charge in [0.2, 0.25) is 5.82 Å². The maximum Gasteiger partial charge on any atom is 0.356 e. The molecule has 0 aromatic carbocycles. The zero-order chi connectivity index (χ0) is 26.7. The van der Waals surface area contributed by atoms with Crippen molar-refractivity contribution in [3.8, 4) is 11.9 Å². The molecule has 0 aliphatic heterocycles. The highest BCUT2D eigenvalue weighted by Gasteiger charge is 2.43. The molecule has 0 bridgehead atoms. The number of pyridine rings is 1. The van der Waals surface area contributed by atoms with E-state index in [0.717, 1.165) is 61.6 Å². The number of carbonyl (C=O) groups is 1. The van der Waals surface area contributed by atoms with E-state index >= 15 is 0 Å². The fourth-order valence-corrected chi connectivity index (χ4v) is 4.92. The van der Waals surface area contributed by atoms with Crippen molar-refractivity contribution in [1.29, 1.82) is 5.26 Å². The Morgan fingerprint density at radius 2 is 2.11 bits per heavy atom. The first kappa shape index (κ1) is 25.7. The lowest BCUT2D eigenvalue weighted by Crippen LogP contribution is -2.18. The molecule has 1 unspecified atom stereocenters. The fourth-order valence-electron chi connectivity index (χ4n) is 4.92. The molecule has 2 aliphatic carbocycles. The molecule has 198 valence electrons. The molecule has 0 saturated heterocycles. The summed E-state index contributed by atoms with van der Waals surface area (Å²) in [4.78, 5) is 30.0. The lowest BCUT2D eigenvalue weighted by molar-refractivity contribution is 0.0445. The highest BCUT2D eigenvalue weighted by molar-refractivity contribution is 5.89. The molecule has 5 rings (SSSR count). The SMILES string of the molecule is COCOc1nc(C2=CCC(Cc3nc4ccc(C(=O)OC)nc4n3CC3(CC#N)CC3)CC2)ncc1F. The number of fused-ring (bicyclic) bond motifs is 1. The van der Waals surface area contributed by atoms with Crippen molar-refractivity contribution >= 4 is 22.7 Å². The van der Waals surface area contributed by atoms with Crippen molar-refractivity contribution in [3.63, 3.8) is 0 Å². The number of ether oxygens (including phenoxy) is 3. The van der Waals surface area contributed by atoms with Crippen LogP contribution in [0.4, 0.5) is 4.39 Å². The van der Waals surface area contributed by atoms with Crippen LogP contribution in [0.3, 0.4) is 0 Å². The van der Waals surface area contributed by atoms with Crippen molar-refractivity contribution < 1.29 is 23.4 Å². The number of aromatic nitrogens is 5. The number of imidazole rings is 1. The number of hydrogen-bond donors (Lipinski definition) is 0. The van der Waals surface area contributed by atoms with Gasteiger partial charge in [0.25, 0.3) is 5.88 Å². The Hall–Kier alpha value is -3.91. The quantitative estimate of drug-likeness (QED) is 0.285. The molecule has 3 heterocycles. The molecule has 1 saturated carbocycles. The summed E-state index contributed by atoms with van der Waals surface area (Å²) in [5, 5.41) is 9.35. The second-order valence-electron chi connectivity index (χ2n) is 9.95. The second-order valence-corrected chi connectivity index (χ2v) is 9.95. The second kappa shape index (κ2) is 10.8. The predicted molar refractivity (Wildman–Crippen MR) is 134 cm³/mol. The number of allylic oxidation sites excluding steroid dienone is 2. The molecule has 10 nitrogen and oxygen atoms in total. The first-order valence-corrected chi connectivity index (χ1v) is 12.6. The lowest BCUT2D eigenvalue weighted by atomic mass is 9.87. The third-order valence-electron chi connectivity index (χ3n) is 7.27. The van der Waals surface area contributed by atoms with Crippen LogP contribution in [-0.4, -0.2) is 51.5 Å². The van der Waals surface area contributed by atoms with Crippen molar-refractivity contribution in [2.45, 2.75) is 51.5 Å². The number of hydrogen-bond acceptors (Lipinski definition) is 9. The van der Waals surface area contributed by atoms with Crippen LogP contribution in [0, 0.1) is 28.5 Å². The van der Waals surface area contributed by atoms with Crippen LogP contribution in [-0.2, 0) is 22.4 Å². The lowest BCUT2D eigenvalue weighted by Gasteiger charge is -2.22. The number of rotatable bonds is 10. The van der Waals surface area contributed by atoms with E-state index in [4.69, 9.17) is 19.2 Å². The average molecular weight is 521 g/mol. The monoisotopic (exact) mass is 520 g/mol. The van der Waals surface area contributed by atoms with Gasteiger partial charge in [0.1, 0.15) is 11.3 Å². The molecular weight excluding hydrogens is 491 g/mol. The average Bonchev–Trinajstić information content (AvgIpc) is 3.62. The van der Waals surface area contributed by atoms with Gasteiger partial charge in [-0.1, -0.05) is 6.08 Å². The van der Waals surface area contributed by atoms with Gasteiger partial charge in [0, 0.05) is 31.9 Å². The molecular formula is C27H29FN6O4. The molecule has 1 fully saturated rings. The van der Waals surface area contributed by atoms with E-state index in [2.05, 4.69) is 31.7 Å². The number of nitrogens with zero attached hydrogens (tertiary/aromatic N) is 6. The number of nitriles is 1. The number of carbonyl (C=O) groups excluding carboxylic acids is 1. The van der Waals surface area contributed by atoms with Crippen LogP contribution in [0.25, 0.3) is 16.7 Å². The van der Waals surface area contributed by atoms with Gasteiger partial charge in [0.15, 0.2) is 24.0 Å². The first-order valence-electron chi connectivity index (χ1n) is 12.6. The van der Waals surface area contributed by atoms with Crippen molar-refractivity contribution in [2.24, 2.45) is 11.3 Å². The van der Waals surface area contributed by atoms with Gasteiger partial charge >= 0.3 is 5.97 Å². The molecule has 3 aromatic rings. The molecule has 0 radical (unpaired) electrons. The highest BCUT2D eigenvalue weighted by atomic mass is 19.1. The molecule has 0 spiro atoms. The topological polar surface area (TPSA) is 125 Å². The van der Waals surface area contributed by atoms with Gasteiger partial charge in [0.05, 0.1) is 19.4 Å². The number of methoxy groups -OCH3 is 2. The summed E-state index contributed by atoms with van der Waals surface area (Å²) < 4.78 is 31.0. The Morgan fingerprint density at radius 1 is 1.26 bits per heavy atom. The third kappa shape index (κ3) is 5.36. The summed E-state index contributed by atoms with van der Waals surface area (Å²) in [5.41, 5.74) is 2.48. The van der Waals surface area contributed by atoms with Gasteiger partial charge in [-0.05, 0) is 55.7 Å². The van der Waals surface area contributed by atoms with Gasteiger partial charge in [-0.25, -0.2) is 19.7 Å². The number of halogens is 1. The largest absolute Gasteiger partial charge is 0.464 e. The Labute approximate surface area is 219 Å². The number of esters is 1. The Morgan fingerprint density at radius 3 is 2.79 bits per heavy atom. The molecule has 3 aromatic heterocycles. The van der Waals surface area contributed by atoms with Crippen LogP contribution < -0.4 is 4.74 Å². The van der Waals surface area contributed by atoms with E-state index in [-0.39, 0.29) is 23.8 Å². The van der Waals surface area contributed by atoms with Gasteiger partial charge < -0.3 is 18.8 Å². The van der Waals surface area contributed by atoms with E-state index in [1.165, 1.54) is 14.2 Å². The molecule has 11 heteroatoms. The van der Waals surface area contributed by atoms with E-state index in [9.17, 15) is 14.4 Å². The summed E-state index contributed by atoms with van der Waals surface area (Å²) in [5.74, 6) is 0.420. The van der Waals surface area contributed by atoms with Crippen molar-refractivity contribution in [2.75, 3.05) is 21.0 Å². The summed E-state index contributed by atoms with van der Waals surface area (Å²) >= 11 is 0. The van der Waals surface area contributed by atoms with Crippen molar-refractivity contribution in [3.05, 3.63) is 47.6 Å². The predicted octanol–water partition coefficient (Wildman–Crippen LogP) is 4.25. The zero-order valence-electron chi connectivity index (χ0n) is 21.4. The molecule has 0 N–H and O–H groups in total. The summed E-state index contributed by atoms with van der Waals surface area (Å²) in [6.45, 7) is 0.548. The minimum Gasteiger partial charge on any atom is -0.464 e. The van der Waals surface area contributed by atoms with Gasteiger partial charge in [-0.2, -0.15) is 14.6 Å². The Bertz CT molecular complexity index is 1420. The molecule has 0 amide bonds. The minimum atomic E-state index is -0.632. The van der Waals surface area contributed by atoms with Crippen LogP contribution in [0.15, 0.2) is 24.4 Å². The van der Waals surface area contributed by atoms with Gasteiger partial charge in [-0.3, -0.25) is 0 Å². The zero-order valence-corrected chi connectivity index (χ0v) is 21.4. The molecule has 2 aliphatic rings. The summed E-state index contributed by atoms with van der Waals surface area (Å²) in [7, 11) is 2.79. The van der Waals surface area contributed by atoms with Crippen molar-refractivity contribution in [1.82, 2.24) is 24.5 Å². The molecule has 38 heavy (non-hydrogen) atoms. The summed E-state index contributed by atoms with van der Waals surface area (Å²) in [6.07, 6.45) is 8.80. The van der Waals surface area contributed by atoms with Gasteiger partial charge in [-0.15, -0.1) is 0 Å². The maximum atomic E-state index is 14.0. The smallest absolute Gasteiger partial charge is 0.356 e. The standard InChI is InChI=1S/C27H29FN6O4/c1-36-16-38-25-19(28)14-30-23(33-25)18-5-3-17(4-6-18)13-22-31-20-7-8-21(26(35)37-2)32-24(20)34(22)15-27(9-10-27)11-12-29/h5,7-8,14,17H,3-4,6,9-11,13,15-16H2,1-2H3. The maximum absolute atomic E-state index is 14.0. The third-order valence-corrected chi connectivity index (χ3v) is 7.27. The van der Waals surface area contributed by atoms with E-state index < -0.39 is 11.8 Å². The Kier molecular flexibility index (Phi) is 7.33. The first-order chi connectivity index (χ1) is 18.4. The van der Waals surface area contributed by atoms with Crippen LogP contribution in [0.2, 0.25) is 0 Å². The summed E-state index contributed by atoms with van der Waals surface area (Å²) in [6, 6.07) is 5.75. The van der Waals surface area contributed by atoms with Crippen LogP contribution in [0.5, 0.6) is 5.88 Å². The van der Waals surface area contributed by atoms with E-state index in [1.54, 1.807) is 12.1 Å².